The number of aliphatic carboxylic acids is 1. The second-order valence-electron chi connectivity index (χ2n) is 7.91. The Morgan fingerprint density at radius 3 is 2.81 bits per heavy atom. The van der Waals surface area contributed by atoms with E-state index in [0.29, 0.717) is 25.9 Å². The van der Waals surface area contributed by atoms with E-state index in [1.807, 2.05) is 12.2 Å². The fourth-order valence-electron chi connectivity index (χ4n) is 4.24. The van der Waals surface area contributed by atoms with E-state index in [9.17, 15) is 20.1 Å². The molecule has 156 valence electrons. The van der Waals surface area contributed by atoms with E-state index in [2.05, 4.69) is 6.92 Å². The number of hydrogen-bond acceptors (Lipinski definition) is 5. The van der Waals surface area contributed by atoms with Crippen LogP contribution in [0, 0.1) is 11.8 Å². The van der Waals surface area contributed by atoms with Gasteiger partial charge in [0.15, 0.2) is 6.29 Å². The molecule has 0 aromatic carbocycles. The van der Waals surface area contributed by atoms with Gasteiger partial charge in [-0.3, -0.25) is 4.79 Å². The van der Waals surface area contributed by atoms with Crippen LogP contribution in [0.2, 0.25) is 0 Å². The zero-order chi connectivity index (χ0) is 19.6. The Morgan fingerprint density at radius 1 is 1.33 bits per heavy atom. The molecule has 0 aromatic heterocycles. The minimum atomic E-state index is -0.904. The van der Waals surface area contributed by atoms with Crippen LogP contribution < -0.4 is 0 Å². The molecule has 1 aliphatic heterocycles. The zero-order valence-electron chi connectivity index (χ0n) is 16.5. The second kappa shape index (κ2) is 11.8. The van der Waals surface area contributed by atoms with Gasteiger partial charge < -0.3 is 24.8 Å². The highest BCUT2D eigenvalue weighted by molar-refractivity contribution is 5.67. The van der Waals surface area contributed by atoms with Gasteiger partial charge in [-0.15, -0.1) is 0 Å². The molecule has 1 saturated carbocycles. The van der Waals surface area contributed by atoms with Crippen LogP contribution in [0.3, 0.4) is 0 Å². The van der Waals surface area contributed by atoms with E-state index in [1.54, 1.807) is 0 Å². The Hall–Kier alpha value is -0.950. The average Bonchev–Trinajstić information content (AvgIpc) is 2.92. The third-order valence-corrected chi connectivity index (χ3v) is 5.75. The van der Waals surface area contributed by atoms with Gasteiger partial charge in [-0.2, -0.15) is 0 Å². The molecular weight excluding hydrogens is 348 g/mol. The van der Waals surface area contributed by atoms with Crippen molar-refractivity contribution in [2.45, 2.75) is 95.7 Å². The first-order chi connectivity index (χ1) is 13.0. The number of unbranched alkanes of at least 4 members (excludes halogenated alkanes) is 2. The minimum Gasteiger partial charge on any atom is -0.481 e. The second-order valence-corrected chi connectivity index (χ2v) is 7.91. The molecule has 0 aromatic rings. The van der Waals surface area contributed by atoms with Crippen LogP contribution in [-0.4, -0.2) is 52.5 Å². The van der Waals surface area contributed by atoms with Gasteiger partial charge in [0, 0.05) is 18.9 Å². The minimum absolute atomic E-state index is 0.0698. The van der Waals surface area contributed by atoms with Gasteiger partial charge in [0.2, 0.25) is 0 Å². The number of aliphatic hydroxyl groups excluding tert-OH is 2. The van der Waals surface area contributed by atoms with Gasteiger partial charge in [0.05, 0.1) is 24.7 Å². The Bertz CT molecular complexity index is 460. The predicted octanol–water partition coefficient (Wildman–Crippen LogP) is 3.26. The van der Waals surface area contributed by atoms with Gasteiger partial charge in [0.25, 0.3) is 0 Å². The van der Waals surface area contributed by atoms with Crippen molar-refractivity contribution in [3.8, 4) is 0 Å². The first kappa shape index (κ1) is 22.3. The van der Waals surface area contributed by atoms with Crippen LogP contribution in [-0.2, 0) is 14.3 Å². The summed E-state index contributed by atoms with van der Waals surface area (Å²) in [5.41, 5.74) is 0. The highest BCUT2D eigenvalue weighted by Crippen LogP contribution is 2.41. The number of rotatable bonds is 11. The van der Waals surface area contributed by atoms with Crippen molar-refractivity contribution < 1.29 is 29.6 Å². The maximum atomic E-state index is 11.2. The van der Waals surface area contributed by atoms with Crippen molar-refractivity contribution in [3.63, 3.8) is 0 Å². The summed E-state index contributed by atoms with van der Waals surface area (Å²) in [6, 6.07) is 0. The van der Waals surface area contributed by atoms with Crippen molar-refractivity contribution in [3.05, 3.63) is 12.2 Å². The predicted molar refractivity (Wildman–Crippen MR) is 102 cm³/mol. The molecule has 1 aliphatic carbocycles. The van der Waals surface area contributed by atoms with Crippen molar-refractivity contribution in [1.29, 1.82) is 0 Å². The molecular formula is C21H36O6. The average molecular weight is 385 g/mol. The molecule has 6 atom stereocenters. The Labute approximate surface area is 162 Å². The molecule has 6 nitrogen and oxygen atoms in total. The summed E-state index contributed by atoms with van der Waals surface area (Å²) in [6.45, 7) is 2.82. The van der Waals surface area contributed by atoms with Crippen molar-refractivity contribution in [1.82, 2.24) is 0 Å². The summed E-state index contributed by atoms with van der Waals surface area (Å²) in [6.07, 6.45) is 9.79. The van der Waals surface area contributed by atoms with E-state index < -0.39 is 18.2 Å². The summed E-state index contributed by atoms with van der Waals surface area (Å²) in [5.74, 6) is -1.33. The molecule has 2 rings (SSSR count). The lowest BCUT2D eigenvalue weighted by Gasteiger charge is -2.30. The molecule has 2 aliphatic rings. The summed E-state index contributed by atoms with van der Waals surface area (Å²) in [7, 11) is 0. The maximum absolute atomic E-state index is 11.2. The lowest BCUT2D eigenvalue weighted by Crippen LogP contribution is -2.32. The van der Waals surface area contributed by atoms with Gasteiger partial charge in [0.1, 0.15) is 0 Å². The van der Waals surface area contributed by atoms with Crippen molar-refractivity contribution in [2.75, 3.05) is 6.61 Å². The van der Waals surface area contributed by atoms with Crippen LogP contribution in [0.15, 0.2) is 12.2 Å². The van der Waals surface area contributed by atoms with E-state index >= 15 is 0 Å². The van der Waals surface area contributed by atoms with Crippen molar-refractivity contribution >= 4 is 5.97 Å². The topological polar surface area (TPSA) is 96.2 Å². The van der Waals surface area contributed by atoms with E-state index in [0.717, 1.165) is 38.5 Å². The molecule has 2 fully saturated rings. The molecule has 0 radical (unpaired) electrons. The smallest absolute Gasteiger partial charge is 0.303 e. The standard InChI is InChI=1S/C21H36O6/c1-2-3-4-5-8-15(22)10-11-16-17(13-20(24)25)18(23)14-19(16)27-21-9-6-7-12-26-21/h5,8,15-19,21-23H,2-4,6-7,9-14H2,1H3,(H,24,25)/b8-5+/t15?,16-,17-,18+,19-,21?/m1/s1. The summed E-state index contributed by atoms with van der Waals surface area (Å²) < 4.78 is 11.8. The molecule has 6 heteroatoms. The fourth-order valence-corrected chi connectivity index (χ4v) is 4.24. The van der Waals surface area contributed by atoms with E-state index in [1.165, 1.54) is 0 Å². The quantitative estimate of drug-likeness (QED) is 0.374. The number of allylic oxidation sites excluding steroid dienone is 1. The van der Waals surface area contributed by atoms with Crippen LogP contribution in [0.1, 0.15) is 71.1 Å². The van der Waals surface area contributed by atoms with Gasteiger partial charge in [-0.1, -0.05) is 31.9 Å². The normalized spacial score (nSPS) is 32.8. The van der Waals surface area contributed by atoms with Crippen LogP contribution in [0.5, 0.6) is 0 Å². The third kappa shape index (κ3) is 7.53. The molecule has 2 unspecified atom stereocenters. The summed E-state index contributed by atoms with van der Waals surface area (Å²) in [4.78, 5) is 11.2. The number of hydrogen-bond donors (Lipinski definition) is 3. The van der Waals surface area contributed by atoms with Crippen LogP contribution in [0.25, 0.3) is 0 Å². The summed E-state index contributed by atoms with van der Waals surface area (Å²) in [5, 5.41) is 29.9. The first-order valence-corrected chi connectivity index (χ1v) is 10.5. The molecule has 1 saturated heterocycles. The lowest BCUT2D eigenvalue weighted by molar-refractivity contribution is -0.196. The first-order valence-electron chi connectivity index (χ1n) is 10.5. The van der Waals surface area contributed by atoms with Crippen LogP contribution in [0.4, 0.5) is 0 Å². The molecule has 1 heterocycles. The van der Waals surface area contributed by atoms with Gasteiger partial charge >= 0.3 is 5.97 Å². The molecule has 27 heavy (non-hydrogen) atoms. The Kier molecular flexibility index (Phi) is 9.76. The maximum Gasteiger partial charge on any atom is 0.303 e. The highest BCUT2D eigenvalue weighted by Gasteiger charge is 2.44. The zero-order valence-corrected chi connectivity index (χ0v) is 16.5. The molecule has 3 N–H and O–H groups in total. The number of carboxylic acids is 1. The van der Waals surface area contributed by atoms with Gasteiger partial charge in [-0.05, 0) is 44.4 Å². The fraction of sp³-hybridized carbons (Fsp3) is 0.857. The Balaban J connectivity index is 1.93. The number of carboxylic acid groups (broad SMARTS) is 1. The molecule has 0 bridgehead atoms. The SMILES string of the molecule is CCCC/C=C/C(O)CC[C@@H]1[C@@H](CC(=O)O)[C@@H](O)C[C@H]1OC1CCCCO1. The third-order valence-electron chi connectivity index (χ3n) is 5.75. The van der Waals surface area contributed by atoms with Crippen LogP contribution >= 0.6 is 0 Å². The summed E-state index contributed by atoms with van der Waals surface area (Å²) >= 11 is 0. The largest absolute Gasteiger partial charge is 0.481 e. The monoisotopic (exact) mass is 384 g/mol. The Morgan fingerprint density at radius 2 is 2.15 bits per heavy atom. The van der Waals surface area contributed by atoms with Crippen molar-refractivity contribution in [2.24, 2.45) is 11.8 Å². The molecule has 0 spiro atoms. The lowest BCUT2D eigenvalue weighted by atomic mass is 9.86. The van der Waals surface area contributed by atoms with E-state index in [4.69, 9.17) is 9.47 Å². The number of ether oxygens (including phenoxy) is 2. The molecule has 0 amide bonds. The van der Waals surface area contributed by atoms with Gasteiger partial charge in [-0.25, -0.2) is 0 Å². The number of carbonyl (C=O) groups is 1. The highest BCUT2D eigenvalue weighted by atomic mass is 16.7. The van der Waals surface area contributed by atoms with E-state index in [-0.39, 0.29) is 30.7 Å². The number of aliphatic hydroxyl groups is 2.